The molecule has 0 atom stereocenters. The predicted octanol–water partition coefficient (Wildman–Crippen LogP) is 2.85. The van der Waals surface area contributed by atoms with Crippen LogP contribution in [0.15, 0.2) is 59.7 Å². The lowest BCUT2D eigenvalue weighted by atomic mass is 10.2. The number of rotatable bonds is 6. The smallest absolute Gasteiger partial charge is 0.308 e. The maximum Gasteiger partial charge on any atom is 0.324 e. The molecule has 3 aromatic rings. The van der Waals surface area contributed by atoms with E-state index in [1.54, 1.807) is 30.3 Å². The molecule has 12 heteroatoms. The van der Waals surface area contributed by atoms with Crippen molar-refractivity contribution < 1.29 is 14.5 Å². The van der Waals surface area contributed by atoms with Crippen LogP contribution in [-0.2, 0) is 0 Å². The van der Waals surface area contributed by atoms with Gasteiger partial charge in [0.25, 0.3) is 11.6 Å². The molecule has 11 nitrogen and oxygen atoms in total. The molecule has 2 aromatic carbocycles. The fourth-order valence-electron chi connectivity index (χ4n) is 2.15. The number of aromatic nitrogens is 2. The molecule has 0 aliphatic carbocycles. The molecule has 0 aliphatic heterocycles. The maximum absolute atomic E-state index is 12.2. The first kappa shape index (κ1) is 19.6. The molecule has 0 aliphatic rings. The second-order valence-corrected chi connectivity index (χ2v) is 6.20. The number of urea groups is 1. The van der Waals surface area contributed by atoms with Crippen LogP contribution in [-0.4, -0.2) is 32.7 Å². The van der Waals surface area contributed by atoms with Crippen LogP contribution >= 0.6 is 11.5 Å². The molecule has 3 amide bonds. The molecule has 0 fully saturated rings. The number of hydrogen-bond acceptors (Lipinski definition) is 8. The van der Waals surface area contributed by atoms with Gasteiger partial charge in [-0.15, -0.1) is 5.10 Å². The zero-order valence-electron chi connectivity index (χ0n) is 14.6. The molecular formula is C17H13N7O4S. The van der Waals surface area contributed by atoms with E-state index in [1.807, 2.05) is 6.07 Å². The first-order chi connectivity index (χ1) is 14.0. The van der Waals surface area contributed by atoms with Gasteiger partial charge in [0.15, 0.2) is 10.7 Å². The van der Waals surface area contributed by atoms with Crippen molar-refractivity contribution in [2.45, 2.75) is 0 Å². The van der Waals surface area contributed by atoms with Gasteiger partial charge in [-0.2, -0.15) is 5.10 Å². The molecule has 3 N–H and O–H groups in total. The summed E-state index contributed by atoms with van der Waals surface area (Å²) in [5, 5.41) is 23.5. The lowest BCUT2D eigenvalue weighted by Gasteiger charge is -2.06. The van der Waals surface area contributed by atoms with Crippen molar-refractivity contribution in [3.63, 3.8) is 0 Å². The SMILES string of the molecule is O=C(Nc1ccccc1)Nc1snnc1C(=O)N/N=C\c1cccc([N+](=O)[O-])c1. The standard InChI is InChI=1S/C17H13N7O4S/c25-15(22-18-10-11-5-4-8-13(9-11)24(27)28)14-16(29-23-21-14)20-17(26)19-12-6-2-1-3-7-12/h1-10H,(H,22,25)(H2,19,20,26)/b18-10-. The third-order valence-corrected chi connectivity index (χ3v) is 4.06. The van der Waals surface area contributed by atoms with E-state index >= 15 is 0 Å². The molecule has 1 heterocycles. The summed E-state index contributed by atoms with van der Waals surface area (Å²) < 4.78 is 3.66. The van der Waals surface area contributed by atoms with Crippen LogP contribution in [0.4, 0.5) is 21.2 Å². The van der Waals surface area contributed by atoms with Crippen LogP contribution in [0.5, 0.6) is 0 Å². The number of para-hydroxylation sites is 1. The average Bonchev–Trinajstić information content (AvgIpc) is 3.17. The molecule has 29 heavy (non-hydrogen) atoms. The molecule has 0 saturated carbocycles. The molecule has 146 valence electrons. The summed E-state index contributed by atoms with van der Waals surface area (Å²) in [5.41, 5.74) is 3.03. The van der Waals surface area contributed by atoms with Crippen molar-refractivity contribution in [2.75, 3.05) is 10.6 Å². The molecule has 0 bridgehead atoms. The number of amides is 3. The summed E-state index contributed by atoms with van der Waals surface area (Å²) in [6, 6.07) is 13.9. The van der Waals surface area contributed by atoms with Crippen molar-refractivity contribution >= 4 is 46.1 Å². The highest BCUT2D eigenvalue weighted by molar-refractivity contribution is 7.10. The van der Waals surface area contributed by atoms with Gasteiger partial charge in [-0.05, 0) is 12.1 Å². The van der Waals surface area contributed by atoms with Crippen LogP contribution in [0.2, 0.25) is 0 Å². The number of nitro benzene ring substituents is 1. The van der Waals surface area contributed by atoms with Crippen LogP contribution in [0, 0.1) is 10.1 Å². The number of nitro groups is 1. The van der Waals surface area contributed by atoms with Crippen molar-refractivity contribution in [3.05, 3.63) is 76.0 Å². The zero-order chi connectivity index (χ0) is 20.6. The van der Waals surface area contributed by atoms with E-state index in [2.05, 4.69) is 30.7 Å². The topological polar surface area (TPSA) is 152 Å². The van der Waals surface area contributed by atoms with E-state index in [4.69, 9.17) is 0 Å². The van der Waals surface area contributed by atoms with Crippen LogP contribution in [0.1, 0.15) is 16.1 Å². The Balaban J connectivity index is 1.61. The van der Waals surface area contributed by atoms with Gasteiger partial charge >= 0.3 is 6.03 Å². The number of carbonyl (C=O) groups excluding carboxylic acids is 2. The highest BCUT2D eigenvalue weighted by atomic mass is 32.1. The van der Waals surface area contributed by atoms with E-state index in [-0.39, 0.29) is 16.4 Å². The van der Waals surface area contributed by atoms with Crippen LogP contribution in [0.25, 0.3) is 0 Å². The Morgan fingerprint density at radius 2 is 1.90 bits per heavy atom. The molecule has 0 spiro atoms. The average molecular weight is 411 g/mol. The highest BCUT2D eigenvalue weighted by Gasteiger charge is 2.18. The zero-order valence-corrected chi connectivity index (χ0v) is 15.4. The van der Waals surface area contributed by atoms with Crippen molar-refractivity contribution in [3.8, 4) is 0 Å². The number of non-ortho nitro benzene ring substituents is 1. The van der Waals surface area contributed by atoms with Gasteiger partial charge in [-0.1, -0.05) is 34.8 Å². The molecule has 0 radical (unpaired) electrons. The minimum Gasteiger partial charge on any atom is -0.308 e. The van der Waals surface area contributed by atoms with Gasteiger partial charge in [-0.3, -0.25) is 20.2 Å². The summed E-state index contributed by atoms with van der Waals surface area (Å²) in [6.07, 6.45) is 1.25. The van der Waals surface area contributed by atoms with E-state index < -0.39 is 16.9 Å². The number of nitrogens with one attached hydrogen (secondary N) is 3. The number of carbonyl (C=O) groups is 2. The van der Waals surface area contributed by atoms with Gasteiger partial charge in [0.2, 0.25) is 0 Å². The molecule has 0 saturated heterocycles. The Labute approximate surface area is 167 Å². The molecule has 3 rings (SSSR count). The van der Waals surface area contributed by atoms with Gasteiger partial charge in [0.05, 0.1) is 11.1 Å². The Hall–Kier alpha value is -4.19. The quantitative estimate of drug-likeness (QED) is 0.322. The Morgan fingerprint density at radius 3 is 2.66 bits per heavy atom. The first-order valence-corrected chi connectivity index (χ1v) is 8.83. The second-order valence-electron chi connectivity index (χ2n) is 5.45. The predicted molar refractivity (Wildman–Crippen MR) is 107 cm³/mol. The first-order valence-electron chi connectivity index (χ1n) is 8.06. The summed E-state index contributed by atoms with van der Waals surface area (Å²) >= 11 is 0.831. The number of anilines is 2. The Morgan fingerprint density at radius 1 is 1.10 bits per heavy atom. The summed E-state index contributed by atoms with van der Waals surface area (Å²) in [7, 11) is 0. The van der Waals surface area contributed by atoms with Gasteiger partial charge in [-0.25, -0.2) is 10.2 Å². The van der Waals surface area contributed by atoms with Gasteiger partial charge in [0.1, 0.15) is 0 Å². The number of benzene rings is 2. The van der Waals surface area contributed by atoms with E-state index in [0.717, 1.165) is 11.5 Å². The van der Waals surface area contributed by atoms with E-state index in [0.29, 0.717) is 11.3 Å². The van der Waals surface area contributed by atoms with Crippen molar-refractivity contribution in [1.82, 2.24) is 15.0 Å². The lowest BCUT2D eigenvalue weighted by Crippen LogP contribution is -2.23. The van der Waals surface area contributed by atoms with Gasteiger partial charge in [0, 0.05) is 34.9 Å². The van der Waals surface area contributed by atoms with E-state index in [1.165, 1.54) is 24.4 Å². The third-order valence-electron chi connectivity index (χ3n) is 3.42. The van der Waals surface area contributed by atoms with Gasteiger partial charge < -0.3 is 5.32 Å². The minimum absolute atomic E-state index is 0.0973. The normalized spacial score (nSPS) is 10.5. The highest BCUT2D eigenvalue weighted by Crippen LogP contribution is 2.18. The summed E-state index contributed by atoms with van der Waals surface area (Å²) in [5.74, 6) is -0.699. The molecule has 0 unspecified atom stereocenters. The lowest BCUT2D eigenvalue weighted by molar-refractivity contribution is -0.384. The second kappa shape index (κ2) is 9.14. The van der Waals surface area contributed by atoms with E-state index in [9.17, 15) is 19.7 Å². The fraction of sp³-hybridized carbons (Fsp3) is 0. The van der Waals surface area contributed by atoms with Crippen molar-refractivity contribution in [1.29, 1.82) is 0 Å². The van der Waals surface area contributed by atoms with Crippen LogP contribution < -0.4 is 16.1 Å². The van der Waals surface area contributed by atoms with Crippen LogP contribution in [0.3, 0.4) is 0 Å². The van der Waals surface area contributed by atoms with Crippen molar-refractivity contribution in [2.24, 2.45) is 5.10 Å². The summed E-state index contributed by atoms with van der Waals surface area (Å²) in [4.78, 5) is 34.5. The maximum atomic E-state index is 12.2. The number of nitrogens with zero attached hydrogens (tertiary/aromatic N) is 4. The largest absolute Gasteiger partial charge is 0.324 e. The monoisotopic (exact) mass is 411 g/mol. The molecular weight excluding hydrogens is 398 g/mol. The fourth-order valence-corrected chi connectivity index (χ4v) is 2.71. The third kappa shape index (κ3) is 5.40. The Bertz CT molecular complexity index is 1070. The number of hydrogen-bond donors (Lipinski definition) is 3. The minimum atomic E-state index is -0.699. The summed E-state index contributed by atoms with van der Waals surface area (Å²) in [6.45, 7) is 0. The number of hydrazone groups is 1. The Kier molecular flexibility index (Phi) is 6.17. The molecule has 1 aromatic heterocycles.